The Balaban J connectivity index is 2.46. The molecule has 1 rings (SSSR count). The lowest BCUT2D eigenvalue weighted by molar-refractivity contribution is -0.130. The van der Waals surface area contributed by atoms with Gasteiger partial charge in [-0.2, -0.15) is 0 Å². The molecule has 2 amide bonds. The van der Waals surface area contributed by atoms with Crippen LogP contribution in [0.25, 0.3) is 0 Å². The number of ether oxygens (including phenoxy) is 1. The Hall–Kier alpha value is -2.08. The molecular weight excluding hydrogens is 282 g/mol. The third kappa shape index (κ3) is 6.13. The largest absolute Gasteiger partial charge is 0.383 e. The topological polar surface area (TPSA) is 61.9 Å². The molecule has 0 bridgehead atoms. The van der Waals surface area contributed by atoms with Gasteiger partial charge in [-0.25, -0.2) is 0 Å². The second-order valence-corrected chi connectivity index (χ2v) is 5.24. The summed E-state index contributed by atoms with van der Waals surface area (Å²) in [4.78, 5) is 27.0. The average molecular weight is 307 g/mol. The average Bonchev–Trinajstić information content (AvgIpc) is 2.47. The second-order valence-electron chi connectivity index (χ2n) is 5.24. The Bertz CT molecular complexity index is 486. The fourth-order valence-corrected chi connectivity index (χ4v) is 1.93. The molecule has 0 aliphatic heterocycles. The van der Waals surface area contributed by atoms with Crippen LogP contribution in [0, 0.1) is 0 Å². The lowest BCUT2D eigenvalue weighted by atomic mass is 10.2. The van der Waals surface area contributed by atoms with Crippen molar-refractivity contribution in [1.29, 1.82) is 0 Å². The molecule has 6 heteroatoms. The van der Waals surface area contributed by atoms with Crippen molar-refractivity contribution in [2.45, 2.75) is 13.3 Å². The summed E-state index contributed by atoms with van der Waals surface area (Å²) in [5.74, 6) is -0.165. The van der Waals surface area contributed by atoms with Gasteiger partial charge >= 0.3 is 0 Å². The SMILES string of the molecule is COCCN(CCC(=O)Nc1ccc(N(C)C)cc1)C(C)=O. The summed E-state index contributed by atoms with van der Waals surface area (Å²) in [5, 5.41) is 2.83. The highest BCUT2D eigenvalue weighted by molar-refractivity contribution is 5.91. The fourth-order valence-electron chi connectivity index (χ4n) is 1.93. The molecule has 6 nitrogen and oxygen atoms in total. The van der Waals surface area contributed by atoms with E-state index in [4.69, 9.17) is 4.74 Å². The molecule has 0 fully saturated rings. The minimum absolute atomic E-state index is 0.0554. The number of hydrogen-bond donors (Lipinski definition) is 1. The van der Waals surface area contributed by atoms with Crippen molar-refractivity contribution in [1.82, 2.24) is 4.90 Å². The zero-order valence-electron chi connectivity index (χ0n) is 13.8. The summed E-state index contributed by atoms with van der Waals surface area (Å²) in [6.45, 7) is 2.84. The monoisotopic (exact) mass is 307 g/mol. The summed E-state index contributed by atoms with van der Waals surface area (Å²) in [6.07, 6.45) is 0.263. The summed E-state index contributed by atoms with van der Waals surface area (Å²) in [6, 6.07) is 7.61. The van der Waals surface area contributed by atoms with Crippen molar-refractivity contribution in [3.63, 3.8) is 0 Å². The fraction of sp³-hybridized carbons (Fsp3) is 0.500. The van der Waals surface area contributed by atoms with Crippen molar-refractivity contribution >= 4 is 23.2 Å². The first-order valence-electron chi connectivity index (χ1n) is 7.25. The van der Waals surface area contributed by atoms with Crippen LogP contribution >= 0.6 is 0 Å². The molecule has 0 unspecified atom stereocenters. The Morgan fingerprint density at radius 1 is 1.14 bits per heavy atom. The maximum atomic E-state index is 11.9. The minimum atomic E-state index is -0.110. The molecule has 0 aromatic heterocycles. The van der Waals surface area contributed by atoms with Crippen LogP contribution < -0.4 is 10.2 Å². The normalized spacial score (nSPS) is 10.2. The van der Waals surface area contributed by atoms with Crippen molar-refractivity contribution in [3.8, 4) is 0 Å². The van der Waals surface area contributed by atoms with Gasteiger partial charge in [-0.3, -0.25) is 9.59 Å². The first kappa shape index (κ1) is 18.0. The van der Waals surface area contributed by atoms with E-state index in [-0.39, 0.29) is 18.2 Å². The van der Waals surface area contributed by atoms with Gasteiger partial charge in [0, 0.05) is 59.0 Å². The van der Waals surface area contributed by atoms with Gasteiger partial charge in [-0.15, -0.1) is 0 Å². The maximum Gasteiger partial charge on any atom is 0.226 e. The van der Waals surface area contributed by atoms with Crippen LogP contribution in [-0.4, -0.2) is 57.6 Å². The van der Waals surface area contributed by atoms with Crippen LogP contribution in [0.1, 0.15) is 13.3 Å². The van der Waals surface area contributed by atoms with E-state index in [9.17, 15) is 9.59 Å². The zero-order chi connectivity index (χ0) is 16.5. The molecular formula is C16H25N3O3. The molecule has 0 aliphatic rings. The molecule has 0 atom stereocenters. The number of carbonyl (C=O) groups excluding carboxylic acids is 2. The van der Waals surface area contributed by atoms with Gasteiger partial charge in [0.05, 0.1) is 6.61 Å². The molecule has 0 radical (unpaired) electrons. The van der Waals surface area contributed by atoms with Crippen LogP contribution in [0.3, 0.4) is 0 Å². The standard InChI is InChI=1S/C16H25N3O3/c1-13(20)19(11-12-22-4)10-9-16(21)17-14-5-7-15(8-6-14)18(2)3/h5-8H,9-12H2,1-4H3,(H,17,21). The van der Waals surface area contributed by atoms with Crippen molar-refractivity contribution < 1.29 is 14.3 Å². The quantitative estimate of drug-likeness (QED) is 0.792. The number of hydrogen-bond acceptors (Lipinski definition) is 4. The zero-order valence-corrected chi connectivity index (χ0v) is 13.8. The van der Waals surface area contributed by atoms with Gasteiger partial charge in [0.2, 0.25) is 11.8 Å². The van der Waals surface area contributed by atoms with E-state index in [1.54, 1.807) is 12.0 Å². The van der Waals surface area contributed by atoms with Crippen molar-refractivity contribution in [2.24, 2.45) is 0 Å². The van der Waals surface area contributed by atoms with Gasteiger partial charge in [-0.05, 0) is 24.3 Å². The van der Waals surface area contributed by atoms with E-state index in [1.807, 2.05) is 43.3 Å². The Labute approximate surface area is 132 Å². The van der Waals surface area contributed by atoms with Crippen molar-refractivity contribution in [2.75, 3.05) is 51.1 Å². The summed E-state index contributed by atoms with van der Waals surface area (Å²) in [5.41, 5.74) is 1.82. The predicted molar refractivity (Wildman–Crippen MR) is 88.1 cm³/mol. The van der Waals surface area contributed by atoms with Crippen LogP contribution in [0.15, 0.2) is 24.3 Å². The van der Waals surface area contributed by atoms with E-state index in [0.717, 1.165) is 11.4 Å². The van der Waals surface area contributed by atoms with Gasteiger partial charge in [0.25, 0.3) is 0 Å². The summed E-state index contributed by atoms with van der Waals surface area (Å²) < 4.78 is 4.96. The highest BCUT2D eigenvalue weighted by Crippen LogP contribution is 2.15. The molecule has 1 N–H and O–H groups in total. The summed E-state index contributed by atoms with van der Waals surface area (Å²) in [7, 11) is 5.51. The number of carbonyl (C=O) groups is 2. The highest BCUT2D eigenvalue weighted by Gasteiger charge is 2.11. The number of methoxy groups -OCH3 is 1. The third-order valence-corrected chi connectivity index (χ3v) is 3.29. The molecule has 0 heterocycles. The first-order chi connectivity index (χ1) is 10.4. The molecule has 0 aliphatic carbocycles. The molecule has 0 saturated heterocycles. The summed E-state index contributed by atoms with van der Waals surface area (Å²) >= 11 is 0. The molecule has 122 valence electrons. The van der Waals surface area contributed by atoms with Gasteiger partial charge in [0.15, 0.2) is 0 Å². The lowest BCUT2D eigenvalue weighted by Crippen LogP contribution is -2.34. The number of nitrogens with one attached hydrogen (secondary N) is 1. The van der Waals surface area contributed by atoms with Gasteiger partial charge in [0.1, 0.15) is 0 Å². The van der Waals surface area contributed by atoms with E-state index in [2.05, 4.69) is 5.32 Å². The van der Waals surface area contributed by atoms with Crippen molar-refractivity contribution in [3.05, 3.63) is 24.3 Å². The number of benzene rings is 1. The van der Waals surface area contributed by atoms with E-state index in [1.165, 1.54) is 6.92 Å². The van der Waals surface area contributed by atoms with E-state index in [0.29, 0.717) is 19.7 Å². The van der Waals surface area contributed by atoms with Crippen LogP contribution in [-0.2, 0) is 14.3 Å². The van der Waals surface area contributed by atoms with Gasteiger partial charge < -0.3 is 19.9 Å². The Morgan fingerprint density at radius 3 is 2.27 bits per heavy atom. The molecule has 1 aromatic rings. The smallest absolute Gasteiger partial charge is 0.226 e. The number of nitrogens with zero attached hydrogens (tertiary/aromatic N) is 2. The second kappa shape index (κ2) is 9.04. The Kier molecular flexibility index (Phi) is 7.39. The Morgan fingerprint density at radius 2 is 1.77 bits per heavy atom. The third-order valence-electron chi connectivity index (χ3n) is 3.29. The molecule has 1 aromatic carbocycles. The lowest BCUT2D eigenvalue weighted by Gasteiger charge is -2.20. The molecule has 0 spiro atoms. The van der Waals surface area contributed by atoms with Crippen LogP contribution in [0.5, 0.6) is 0 Å². The maximum absolute atomic E-state index is 11.9. The van der Waals surface area contributed by atoms with Crippen LogP contribution in [0.4, 0.5) is 11.4 Å². The number of anilines is 2. The first-order valence-corrected chi connectivity index (χ1v) is 7.25. The number of rotatable bonds is 8. The number of amides is 2. The predicted octanol–water partition coefficient (Wildman–Crippen LogP) is 1.58. The van der Waals surface area contributed by atoms with Crippen LogP contribution in [0.2, 0.25) is 0 Å². The van der Waals surface area contributed by atoms with Gasteiger partial charge in [-0.1, -0.05) is 0 Å². The van der Waals surface area contributed by atoms with E-state index >= 15 is 0 Å². The highest BCUT2D eigenvalue weighted by atomic mass is 16.5. The minimum Gasteiger partial charge on any atom is -0.383 e. The molecule has 22 heavy (non-hydrogen) atoms. The molecule has 0 saturated carbocycles. The van der Waals surface area contributed by atoms with E-state index < -0.39 is 0 Å².